The summed E-state index contributed by atoms with van der Waals surface area (Å²) in [5, 5.41) is 21.7. The Morgan fingerprint density at radius 3 is 2.52 bits per heavy atom. The SMILES string of the molecule is CO[C@H]1[C@H]2OP(=O)(O)OC[C@@]34C[C@@H]3[C@@H](n3cnc5c(N)ncnc53)[C@H](O)[C@@H]4O[P@@](=O)(SCc3ccc(OC(=O)c4ccc(O)cc4)cc3)OC[C@H]1O[C@H]2n1cnc2c(=O)[nH]c(N)nc21. The van der Waals surface area contributed by atoms with Gasteiger partial charge in [0.2, 0.25) is 5.95 Å². The van der Waals surface area contributed by atoms with E-state index < -0.39 is 93.5 Å². The first-order chi connectivity index (χ1) is 30.7. The zero-order valence-electron chi connectivity index (χ0n) is 33.2. The van der Waals surface area contributed by atoms with Crippen LogP contribution in [-0.2, 0) is 42.5 Å². The lowest BCUT2D eigenvalue weighted by Crippen LogP contribution is -2.38. The number of aromatic amines is 1. The van der Waals surface area contributed by atoms with Gasteiger partial charge in [-0.25, -0.2) is 33.9 Å². The number of aliphatic hydroxyl groups excluding tert-OH is 1. The molecule has 11 atom stereocenters. The number of nitrogens with one attached hydrogen (secondary N) is 1. The minimum atomic E-state index is -5.05. The van der Waals surface area contributed by atoms with E-state index in [1.165, 1.54) is 54.9 Å². The monoisotopic (exact) mass is 940 g/mol. The molecule has 6 aromatic rings. The maximum Gasteiger partial charge on any atom is 0.472 e. The molecular weight excluding hydrogens is 902 g/mol. The highest BCUT2D eigenvalue weighted by molar-refractivity contribution is 8.54. The van der Waals surface area contributed by atoms with Gasteiger partial charge in [0.15, 0.2) is 28.9 Å². The Bertz CT molecular complexity index is 2940. The van der Waals surface area contributed by atoms with E-state index in [-0.39, 0.29) is 57.7 Å². The summed E-state index contributed by atoms with van der Waals surface area (Å²) in [4.78, 5) is 60.2. The summed E-state index contributed by atoms with van der Waals surface area (Å²) in [6, 6.07) is 11.2. The van der Waals surface area contributed by atoms with Crippen LogP contribution in [0.5, 0.6) is 11.5 Å². The number of rotatable bonds is 8. The van der Waals surface area contributed by atoms with Gasteiger partial charge in [-0.1, -0.05) is 12.1 Å². The first kappa shape index (κ1) is 42.6. The second kappa shape index (κ2) is 16.0. The molecule has 8 N–H and O–H groups in total. The zero-order chi connectivity index (χ0) is 44.7. The molecule has 1 spiro atoms. The number of H-pyrrole nitrogens is 1. The van der Waals surface area contributed by atoms with Crippen LogP contribution in [0.4, 0.5) is 11.8 Å². The van der Waals surface area contributed by atoms with Gasteiger partial charge < -0.3 is 45.4 Å². The molecule has 0 amide bonds. The average molecular weight is 941 g/mol. The Hall–Kier alpha value is -5.30. The van der Waals surface area contributed by atoms with Crippen LogP contribution in [0.25, 0.3) is 22.3 Å². The van der Waals surface area contributed by atoms with E-state index in [1.54, 1.807) is 28.8 Å². The quantitative estimate of drug-likeness (QED) is 0.0726. The molecule has 4 fully saturated rings. The van der Waals surface area contributed by atoms with Gasteiger partial charge in [-0.2, -0.15) is 4.98 Å². The summed E-state index contributed by atoms with van der Waals surface area (Å²) in [7, 11) is -3.75. The number of aliphatic hydroxyl groups is 1. The molecule has 4 aromatic heterocycles. The lowest BCUT2D eigenvalue weighted by molar-refractivity contribution is -0.0600. The van der Waals surface area contributed by atoms with Crippen molar-refractivity contribution in [3.63, 3.8) is 0 Å². The summed E-state index contributed by atoms with van der Waals surface area (Å²) in [5.74, 6) is -1.03. The van der Waals surface area contributed by atoms with Gasteiger partial charge in [0.25, 0.3) is 5.56 Å². The van der Waals surface area contributed by atoms with Crippen molar-refractivity contribution >= 4 is 66.1 Å². The smallest absolute Gasteiger partial charge is 0.472 e. The van der Waals surface area contributed by atoms with Gasteiger partial charge in [-0.15, -0.1) is 0 Å². The summed E-state index contributed by atoms with van der Waals surface area (Å²) in [6.07, 6.45) is -3.69. The number of anilines is 2. The number of hydrogen-bond acceptors (Lipinski definition) is 21. The summed E-state index contributed by atoms with van der Waals surface area (Å²) < 4.78 is 74.1. The van der Waals surface area contributed by atoms with Gasteiger partial charge in [-0.3, -0.25) is 32.4 Å². The van der Waals surface area contributed by atoms with Crippen LogP contribution in [-0.4, -0.2) is 111 Å². The number of phenols is 1. The molecule has 2 aromatic carbocycles. The average Bonchev–Trinajstić information content (AvgIpc) is 3.55. The van der Waals surface area contributed by atoms with Crippen molar-refractivity contribution < 1.29 is 61.3 Å². The maximum atomic E-state index is 15.3. The number of hydrogen-bond donors (Lipinski definition) is 6. The Morgan fingerprint density at radius 1 is 1.00 bits per heavy atom. The minimum absolute atomic E-state index is 0.00387. The van der Waals surface area contributed by atoms with Crippen molar-refractivity contribution in [1.82, 2.24) is 39.0 Å². The molecule has 1 unspecified atom stereocenters. The fourth-order valence-corrected chi connectivity index (χ4v) is 13.1. The number of nitrogens with zero attached hydrogens (tertiary/aromatic N) is 7. The Balaban J connectivity index is 0.980. The van der Waals surface area contributed by atoms with Gasteiger partial charge in [-0.05, 0) is 65.7 Å². The number of phosphoric ester groups is 1. The number of esters is 1. The maximum absolute atomic E-state index is 15.3. The fraction of sp³-hybridized carbons (Fsp3) is 0.378. The van der Waals surface area contributed by atoms with Crippen molar-refractivity contribution in [3.8, 4) is 11.5 Å². The second-order valence-corrected chi connectivity index (χ2v) is 21.0. The van der Waals surface area contributed by atoms with E-state index >= 15 is 4.57 Å². The molecule has 2 aliphatic heterocycles. The van der Waals surface area contributed by atoms with E-state index in [9.17, 15) is 29.3 Å². The molecular formula is C37H38N10O14P2S. The molecule has 64 heavy (non-hydrogen) atoms. The number of nitrogens with two attached hydrogens (primary N) is 2. The zero-order valence-corrected chi connectivity index (χ0v) is 35.8. The number of carbonyl (C=O) groups is 1. The van der Waals surface area contributed by atoms with Gasteiger partial charge in [0.05, 0.1) is 37.5 Å². The number of ether oxygens (including phenoxy) is 3. The number of imidazole rings is 2. The van der Waals surface area contributed by atoms with E-state index in [0.29, 0.717) is 11.2 Å². The van der Waals surface area contributed by atoms with Crippen LogP contribution >= 0.6 is 26.0 Å². The van der Waals surface area contributed by atoms with Gasteiger partial charge in [0.1, 0.15) is 53.9 Å². The van der Waals surface area contributed by atoms with Crippen LogP contribution in [0, 0.1) is 11.3 Å². The number of phosphoric acid groups is 1. The summed E-state index contributed by atoms with van der Waals surface area (Å²) in [5.41, 5.74) is 11.4. The van der Waals surface area contributed by atoms with E-state index in [2.05, 4.69) is 29.9 Å². The molecule has 27 heteroatoms. The Morgan fingerprint density at radius 2 is 1.75 bits per heavy atom. The number of carbonyl (C=O) groups excluding carboxylic acids is 1. The largest absolute Gasteiger partial charge is 0.508 e. The summed E-state index contributed by atoms with van der Waals surface area (Å²) >= 11 is 0.799. The molecule has 2 aliphatic carbocycles. The minimum Gasteiger partial charge on any atom is -0.508 e. The number of phenolic OH excluding ortho intramolecular Hbond substituents is 1. The number of benzene rings is 2. The van der Waals surface area contributed by atoms with Gasteiger partial charge >= 0.3 is 20.6 Å². The summed E-state index contributed by atoms with van der Waals surface area (Å²) in [6.45, 7) is -5.43. The molecule has 2 bridgehead atoms. The predicted molar refractivity (Wildman–Crippen MR) is 222 cm³/mol. The third-order valence-corrected chi connectivity index (χ3v) is 16.4. The predicted octanol–water partition coefficient (Wildman–Crippen LogP) is 2.84. The highest BCUT2D eigenvalue weighted by atomic mass is 32.7. The first-order valence-electron chi connectivity index (χ1n) is 19.5. The van der Waals surface area contributed by atoms with Crippen molar-refractivity contribution in [2.75, 3.05) is 31.8 Å². The number of nitrogen functional groups attached to an aromatic ring is 2. The number of fused-ring (bicyclic) bond motifs is 4. The number of aromatic hydroxyl groups is 1. The number of methoxy groups -OCH3 is 1. The van der Waals surface area contributed by atoms with Crippen molar-refractivity contribution in [1.29, 1.82) is 0 Å². The molecule has 2 saturated carbocycles. The van der Waals surface area contributed by atoms with E-state index in [4.69, 9.17) is 43.8 Å². The van der Waals surface area contributed by atoms with Crippen LogP contribution in [0.1, 0.15) is 34.6 Å². The Kier molecular flexibility index (Phi) is 10.7. The lowest BCUT2D eigenvalue weighted by atomic mass is 10.0. The van der Waals surface area contributed by atoms with Gasteiger partial charge in [0, 0.05) is 18.3 Å². The Labute approximate surface area is 364 Å². The van der Waals surface area contributed by atoms with Crippen molar-refractivity contribution in [2.45, 2.75) is 55.0 Å². The highest BCUT2D eigenvalue weighted by Gasteiger charge is 2.74. The fourth-order valence-electron chi connectivity index (χ4n) is 8.71. The van der Waals surface area contributed by atoms with Crippen LogP contribution < -0.4 is 21.8 Å². The normalized spacial score (nSPS) is 32.6. The van der Waals surface area contributed by atoms with Crippen LogP contribution in [0.15, 0.2) is 72.3 Å². The molecule has 24 nitrogen and oxygen atoms in total. The number of aromatic nitrogens is 8. The third-order valence-electron chi connectivity index (χ3n) is 11.8. The van der Waals surface area contributed by atoms with Crippen LogP contribution in [0.3, 0.4) is 0 Å². The molecule has 0 radical (unpaired) electrons. The molecule has 10 rings (SSSR count). The van der Waals surface area contributed by atoms with Crippen molar-refractivity contribution in [3.05, 3.63) is 89.0 Å². The molecule has 2 saturated heterocycles. The molecule has 4 aliphatic rings. The van der Waals surface area contributed by atoms with E-state index in [0.717, 1.165) is 11.4 Å². The highest BCUT2D eigenvalue weighted by Crippen LogP contribution is 2.74. The topological polar surface area (TPSA) is 336 Å². The van der Waals surface area contributed by atoms with E-state index in [1.807, 2.05) is 0 Å². The lowest BCUT2D eigenvalue weighted by Gasteiger charge is -2.32. The first-order valence-corrected chi connectivity index (χ1v) is 24.1. The second-order valence-electron chi connectivity index (χ2n) is 15.6. The van der Waals surface area contributed by atoms with Crippen molar-refractivity contribution in [2.24, 2.45) is 11.3 Å². The third kappa shape index (κ3) is 7.54. The standard InChI is InChI=1S/C37H38N10O14P2S/c1-55-27-22-11-56-63(54,64-12-17-2-8-20(9-3-17)58-35(51)18-4-6-19(48)7-5-18)61-29-26(49)25(46-15-42-23-30(38)40-14-41-31(23)46)21-10-37(21,29)13-57-62(52,53)60-28(27)34(59-22)47-16-43-24-32(47)44-36(39)45-33(24)50/h2-9,14-16,21-22,25-29,34,48-49H,10-13H2,1H3,(H,52,53)(H2,38,40,41)(H3,39,44,45,50)/t21-,22-,25-,26+,27-,28-,29+,34-,37+,63+/m1/s1. The van der Waals surface area contributed by atoms with Crippen LogP contribution in [0.2, 0.25) is 0 Å². The molecule has 6 heterocycles. The molecule has 336 valence electrons.